The van der Waals surface area contributed by atoms with E-state index in [1.54, 1.807) is 6.07 Å². The van der Waals surface area contributed by atoms with Crippen LogP contribution >= 0.6 is 11.8 Å². The molecule has 0 aliphatic heterocycles. The third-order valence-corrected chi connectivity index (χ3v) is 3.56. The number of benzene rings is 1. The predicted molar refractivity (Wildman–Crippen MR) is 77.8 cm³/mol. The van der Waals surface area contributed by atoms with E-state index in [-0.39, 0.29) is 10.6 Å². The number of rotatable bonds is 7. The van der Waals surface area contributed by atoms with Gasteiger partial charge in [-0.1, -0.05) is 30.8 Å². The molecule has 0 aliphatic carbocycles. The molecule has 2 N–H and O–H groups in total. The van der Waals surface area contributed by atoms with Crippen LogP contribution in [0.15, 0.2) is 29.7 Å². The van der Waals surface area contributed by atoms with Crippen LogP contribution in [-0.2, 0) is 5.75 Å². The number of nitrogens with one attached hydrogen (secondary N) is 2. The molecule has 0 saturated heterocycles. The number of aromatic nitrogens is 3. The molecule has 1 aromatic carbocycles. The van der Waals surface area contributed by atoms with E-state index in [4.69, 9.17) is 0 Å². The molecule has 2 aromatic rings. The van der Waals surface area contributed by atoms with Gasteiger partial charge in [-0.2, -0.15) is 5.10 Å². The largest absolute Gasteiger partial charge is 0.379 e. The van der Waals surface area contributed by atoms with E-state index in [1.807, 2.05) is 13.0 Å². The summed E-state index contributed by atoms with van der Waals surface area (Å²) in [7, 11) is 0. The molecule has 0 atom stereocenters. The number of aromatic amines is 1. The van der Waals surface area contributed by atoms with Crippen LogP contribution in [0.1, 0.15) is 18.9 Å². The lowest BCUT2D eigenvalue weighted by Crippen LogP contribution is -2.06. The zero-order valence-electron chi connectivity index (χ0n) is 11.0. The zero-order valence-corrected chi connectivity index (χ0v) is 11.8. The minimum Gasteiger partial charge on any atom is -0.379 e. The van der Waals surface area contributed by atoms with Gasteiger partial charge in [0, 0.05) is 18.4 Å². The fourth-order valence-corrected chi connectivity index (χ4v) is 2.49. The maximum absolute atomic E-state index is 11.1. The van der Waals surface area contributed by atoms with Crippen molar-refractivity contribution in [1.82, 2.24) is 15.2 Å². The Bertz CT molecular complexity index is 573. The maximum Gasteiger partial charge on any atom is 0.292 e. The van der Waals surface area contributed by atoms with Crippen molar-refractivity contribution in [2.75, 3.05) is 11.9 Å². The number of para-hydroxylation sites is 1. The zero-order chi connectivity index (χ0) is 14.4. The van der Waals surface area contributed by atoms with Gasteiger partial charge in [-0.15, -0.1) is 0 Å². The molecule has 0 aliphatic rings. The molecule has 0 spiro atoms. The van der Waals surface area contributed by atoms with Gasteiger partial charge in [-0.25, -0.2) is 4.98 Å². The first-order valence-electron chi connectivity index (χ1n) is 6.20. The van der Waals surface area contributed by atoms with Gasteiger partial charge >= 0.3 is 0 Å². The summed E-state index contributed by atoms with van der Waals surface area (Å²) in [4.78, 5) is 14.8. The van der Waals surface area contributed by atoms with E-state index in [2.05, 4.69) is 20.5 Å². The van der Waals surface area contributed by atoms with Gasteiger partial charge in [-0.05, 0) is 12.0 Å². The SMILES string of the molecule is CCCNc1c(CSc2ncn[nH]2)cccc1[N+](=O)[O-]. The van der Waals surface area contributed by atoms with E-state index >= 15 is 0 Å². The quantitative estimate of drug-likeness (QED) is 0.463. The van der Waals surface area contributed by atoms with Gasteiger partial charge in [0.2, 0.25) is 0 Å². The average molecular weight is 293 g/mol. The minimum absolute atomic E-state index is 0.106. The van der Waals surface area contributed by atoms with Crippen molar-refractivity contribution in [2.24, 2.45) is 0 Å². The monoisotopic (exact) mass is 293 g/mol. The third kappa shape index (κ3) is 3.47. The van der Waals surface area contributed by atoms with Gasteiger partial charge in [0.15, 0.2) is 5.16 Å². The van der Waals surface area contributed by atoms with Crippen LogP contribution in [0.4, 0.5) is 11.4 Å². The smallest absolute Gasteiger partial charge is 0.292 e. The third-order valence-electron chi connectivity index (χ3n) is 2.63. The lowest BCUT2D eigenvalue weighted by atomic mass is 10.1. The molecule has 2 rings (SSSR count). The Hall–Kier alpha value is -2.09. The van der Waals surface area contributed by atoms with Crippen molar-refractivity contribution in [3.8, 4) is 0 Å². The normalized spacial score (nSPS) is 10.4. The molecule has 0 amide bonds. The van der Waals surface area contributed by atoms with Crippen molar-refractivity contribution >= 4 is 23.1 Å². The topological polar surface area (TPSA) is 96.7 Å². The number of nitro groups is 1. The average Bonchev–Trinajstić information content (AvgIpc) is 2.96. The van der Waals surface area contributed by atoms with Crippen LogP contribution in [-0.4, -0.2) is 26.6 Å². The second-order valence-electron chi connectivity index (χ2n) is 4.07. The van der Waals surface area contributed by atoms with E-state index in [0.29, 0.717) is 23.1 Å². The molecule has 1 heterocycles. The second-order valence-corrected chi connectivity index (χ2v) is 5.04. The number of H-pyrrole nitrogens is 1. The van der Waals surface area contributed by atoms with E-state index in [9.17, 15) is 10.1 Å². The van der Waals surface area contributed by atoms with Crippen LogP contribution in [0, 0.1) is 10.1 Å². The Labute approximate surface area is 120 Å². The van der Waals surface area contributed by atoms with E-state index in [1.165, 1.54) is 24.2 Å². The van der Waals surface area contributed by atoms with Gasteiger partial charge < -0.3 is 5.32 Å². The molecule has 1 aromatic heterocycles. The first-order valence-corrected chi connectivity index (χ1v) is 7.19. The number of hydrogen-bond acceptors (Lipinski definition) is 6. The van der Waals surface area contributed by atoms with E-state index in [0.717, 1.165) is 12.0 Å². The van der Waals surface area contributed by atoms with Crippen molar-refractivity contribution in [2.45, 2.75) is 24.3 Å². The van der Waals surface area contributed by atoms with Crippen LogP contribution in [0.5, 0.6) is 0 Å². The Morgan fingerprint density at radius 2 is 2.35 bits per heavy atom. The first-order chi connectivity index (χ1) is 9.72. The summed E-state index contributed by atoms with van der Waals surface area (Å²) >= 11 is 1.46. The van der Waals surface area contributed by atoms with Gasteiger partial charge in [0.1, 0.15) is 12.0 Å². The molecule has 8 heteroatoms. The molecule has 7 nitrogen and oxygen atoms in total. The highest BCUT2D eigenvalue weighted by molar-refractivity contribution is 7.98. The molecule has 0 bridgehead atoms. The number of nitro benzene ring substituents is 1. The highest BCUT2D eigenvalue weighted by Crippen LogP contribution is 2.32. The maximum atomic E-state index is 11.1. The molecular formula is C12H15N5O2S. The Kier molecular flexibility index (Phi) is 4.94. The summed E-state index contributed by atoms with van der Waals surface area (Å²) in [5.74, 6) is 0.586. The van der Waals surface area contributed by atoms with Gasteiger partial charge in [-0.3, -0.25) is 15.2 Å². The standard InChI is InChI=1S/C12H15N5O2S/c1-2-6-13-11-9(4-3-5-10(11)17(18)19)7-20-12-14-8-15-16-12/h3-5,8,13H,2,6-7H2,1H3,(H,14,15,16). The van der Waals surface area contributed by atoms with Crippen LogP contribution in [0.2, 0.25) is 0 Å². The minimum atomic E-state index is -0.361. The summed E-state index contributed by atoms with van der Waals surface area (Å²) in [6.45, 7) is 2.72. The van der Waals surface area contributed by atoms with Crippen molar-refractivity contribution in [3.05, 3.63) is 40.2 Å². The summed E-state index contributed by atoms with van der Waals surface area (Å²) in [5.41, 5.74) is 1.58. The van der Waals surface area contributed by atoms with Crippen LogP contribution in [0.25, 0.3) is 0 Å². The molecule has 0 fully saturated rings. The van der Waals surface area contributed by atoms with Crippen molar-refractivity contribution in [1.29, 1.82) is 0 Å². The summed E-state index contributed by atoms with van der Waals surface area (Å²) in [6.07, 6.45) is 2.34. The molecule has 106 valence electrons. The Balaban J connectivity index is 2.21. The van der Waals surface area contributed by atoms with Crippen LogP contribution < -0.4 is 5.32 Å². The van der Waals surface area contributed by atoms with Gasteiger partial charge in [0.25, 0.3) is 5.69 Å². The number of anilines is 1. The fraction of sp³-hybridized carbons (Fsp3) is 0.333. The summed E-state index contributed by atoms with van der Waals surface area (Å²) < 4.78 is 0. The predicted octanol–water partition coefficient (Wildman–Crippen LogP) is 2.83. The van der Waals surface area contributed by atoms with Gasteiger partial charge in [0.05, 0.1) is 4.92 Å². The number of hydrogen-bond donors (Lipinski definition) is 2. The van der Waals surface area contributed by atoms with Crippen molar-refractivity contribution in [3.63, 3.8) is 0 Å². The molecule has 0 unspecified atom stereocenters. The molecule has 0 radical (unpaired) electrons. The molecular weight excluding hydrogens is 278 g/mol. The highest BCUT2D eigenvalue weighted by Gasteiger charge is 2.17. The first kappa shape index (κ1) is 14.3. The Morgan fingerprint density at radius 1 is 1.50 bits per heavy atom. The van der Waals surface area contributed by atoms with Crippen molar-refractivity contribution < 1.29 is 4.92 Å². The summed E-state index contributed by atoms with van der Waals surface area (Å²) in [6, 6.07) is 5.10. The lowest BCUT2D eigenvalue weighted by molar-refractivity contribution is -0.384. The molecule has 0 saturated carbocycles. The second kappa shape index (κ2) is 6.90. The molecule has 20 heavy (non-hydrogen) atoms. The fourth-order valence-electron chi connectivity index (χ4n) is 1.72. The summed E-state index contributed by atoms with van der Waals surface area (Å²) in [5, 5.41) is 21.5. The lowest BCUT2D eigenvalue weighted by Gasteiger charge is -2.11. The Morgan fingerprint density at radius 3 is 3.00 bits per heavy atom. The number of nitrogens with zero attached hydrogens (tertiary/aromatic N) is 3. The number of thioether (sulfide) groups is 1. The van der Waals surface area contributed by atoms with E-state index < -0.39 is 0 Å². The highest BCUT2D eigenvalue weighted by atomic mass is 32.2. The van der Waals surface area contributed by atoms with Crippen LogP contribution in [0.3, 0.4) is 0 Å².